The number of halogens is 1. The minimum absolute atomic E-state index is 0.538. The van der Waals surface area contributed by atoms with Crippen LogP contribution in [-0.2, 0) is 19.5 Å². The molecule has 0 amide bonds. The van der Waals surface area contributed by atoms with Crippen LogP contribution in [0.25, 0.3) is 11.0 Å². The van der Waals surface area contributed by atoms with Gasteiger partial charge in [0.2, 0.25) is 0 Å². The molecule has 6 heteroatoms. The quantitative estimate of drug-likeness (QED) is 0.750. The van der Waals surface area contributed by atoms with Gasteiger partial charge in [0, 0.05) is 19.5 Å². The predicted molar refractivity (Wildman–Crippen MR) is 79.6 cm³/mol. The lowest BCUT2D eigenvalue weighted by molar-refractivity contribution is 0.785. The topological polar surface area (TPSA) is 55.6 Å². The van der Waals surface area contributed by atoms with Crippen molar-refractivity contribution in [3.05, 3.63) is 47.9 Å². The number of hydrogen-bond donors (Lipinski definition) is 1. The first-order valence-electron chi connectivity index (χ1n) is 6.28. The number of hydrogen-bond acceptors (Lipinski definition) is 4. The Balaban J connectivity index is 1.79. The summed E-state index contributed by atoms with van der Waals surface area (Å²) >= 11 is 5.78. The van der Waals surface area contributed by atoms with Crippen molar-refractivity contribution in [2.24, 2.45) is 7.05 Å². The Morgan fingerprint density at radius 2 is 1.90 bits per heavy atom. The lowest BCUT2D eigenvalue weighted by atomic mass is 10.1. The van der Waals surface area contributed by atoms with Gasteiger partial charge in [-0.1, -0.05) is 24.3 Å². The van der Waals surface area contributed by atoms with Gasteiger partial charge in [0.05, 0.1) is 11.6 Å². The normalized spacial score (nSPS) is 10.9. The van der Waals surface area contributed by atoms with E-state index in [-0.39, 0.29) is 0 Å². The van der Waals surface area contributed by atoms with Crippen molar-refractivity contribution < 1.29 is 0 Å². The zero-order valence-corrected chi connectivity index (χ0v) is 11.8. The van der Waals surface area contributed by atoms with Crippen molar-refractivity contribution in [3.8, 4) is 0 Å². The zero-order chi connectivity index (χ0) is 13.9. The molecule has 0 aliphatic rings. The van der Waals surface area contributed by atoms with Crippen LogP contribution in [-0.4, -0.2) is 19.7 Å². The molecule has 1 N–H and O–H groups in total. The third kappa shape index (κ3) is 2.44. The van der Waals surface area contributed by atoms with Gasteiger partial charge in [-0.25, -0.2) is 9.97 Å². The molecule has 0 bridgehead atoms. The van der Waals surface area contributed by atoms with E-state index in [9.17, 15) is 0 Å². The molecule has 0 aliphatic heterocycles. The van der Waals surface area contributed by atoms with E-state index in [0.717, 1.165) is 22.4 Å². The minimum atomic E-state index is 0.538. The third-order valence-corrected chi connectivity index (χ3v) is 3.48. The van der Waals surface area contributed by atoms with Crippen molar-refractivity contribution in [2.75, 3.05) is 5.32 Å². The molecule has 20 heavy (non-hydrogen) atoms. The fourth-order valence-corrected chi connectivity index (χ4v) is 2.21. The predicted octanol–water partition coefficient (Wildman–Crippen LogP) is 2.71. The molecule has 0 fully saturated rings. The number of nitrogens with zero attached hydrogens (tertiary/aromatic N) is 4. The Morgan fingerprint density at radius 1 is 1.15 bits per heavy atom. The summed E-state index contributed by atoms with van der Waals surface area (Å²) in [6, 6.07) is 8.19. The van der Waals surface area contributed by atoms with Crippen LogP contribution in [0.5, 0.6) is 0 Å². The van der Waals surface area contributed by atoms with Gasteiger partial charge in [-0.15, -0.1) is 11.6 Å². The Hall–Kier alpha value is -2.14. The van der Waals surface area contributed by atoms with E-state index in [0.29, 0.717) is 12.4 Å². The fraction of sp³-hybridized carbons (Fsp3) is 0.214. The minimum Gasteiger partial charge on any atom is -0.365 e. The molecule has 5 nitrogen and oxygen atoms in total. The summed E-state index contributed by atoms with van der Waals surface area (Å²) in [5.41, 5.74) is 3.11. The second kappa shape index (κ2) is 5.46. The van der Waals surface area contributed by atoms with Crippen molar-refractivity contribution in [1.82, 2.24) is 19.7 Å². The molecule has 0 spiro atoms. The summed E-state index contributed by atoms with van der Waals surface area (Å²) in [5.74, 6) is 1.33. The highest BCUT2D eigenvalue weighted by molar-refractivity contribution is 6.17. The molecule has 1 aromatic carbocycles. The van der Waals surface area contributed by atoms with Crippen molar-refractivity contribution in [3.63, 3.8) is 0 Å². The van der Waals surface area contributed by atoms with Gasteiger partial charge < -0.3 is 5.32 Å². The highest BCUT2D eigenvalue weighted by Crippen LogP contribution is 2.18. The average Bonchev–Trinajstić information content (AvgIpc) is 2.88. The van der Waals surface area contributed by atoms with Gasteiger partial charge in [-0.2, -0.15) is 5.10 Å². The average molecular weight is 288 g/mol. The van der Waals surface area contributed by atoms with Crippen LogP contribution in [0.3, 0.4) is 0 Å². The third-order valence-electron chi connectivity index (χ3n) is 3.17. The first kappa shape index (κ1) is 12.9. The van der Waals surface area contributed by atoms with Crippen LogP contribution in [0.1, 0.15) is 11.1 Å². The number of aryl methyl sites for hydroxylation is 1. The summed E-state index contributed by atoms with van der Waals surface area (Å²) in [7, 11) is 1.87. The monoisotopic (exact) mass is 287 g/mol. The maximum absolute atomic E-state index is 5.78. The Morgan fingerprint density at radius 3 is 2.65 bits per heavy atom. The van der Waals surface area contributed by atoms with Crippen LogP contribution < -0.4 is 5.32 Å². The molecule has 2 heterocycles. The lowest BCUT2D eigenvalue weighted by Crippen LogP contribution is -2.02. The van der Waals surface area contributed by atoms with E-state index in [4.69, 9.17) is 11.6 Å². The van der Waals surface area contributed by atoms with Crippen molar-refractivity contribution >= 4 is 28.5 Å². The van der Waals surface area contributed by atoms with E-state index in [1.165, 1.54) is 5.56 Å². The van der Waals surface area contributed by atoms with Crippen LogP contribution in [0, 0.1) is 0 Å². The van der Waals surface area contributed by atoms with Gasteiger partial charge in [0.25, 0.3) is 0 Å². The van der Waals surface area contributed by atoms with E-state index >= 15 is 0 Å². The molecule has 2 aromatic heterocycles. The lowest BCUT2D eigenvalue weighted by Gasteiger charge is -2.07. The first-order chi connectivity index (χ1) is 9.78. The largest absolute Gasteiger partial charge is 0.365 e. The molecule has 3 aromatic rings. The summed E-state index contributed by atoms with van der Waals surface area (Å²) in [4.78, 5) is 8.49. The van der Waals surface area contributed by atoms with Gasteiger partial charge in [-0.05, 0) is 11.1 Å². The molecule has 0 radical (unpaired) electrons. The zero-order valence-electron chi connectivity index (χ0n) is 11.0. The van der Waals surface area contributed by atoms with Gasteiger partial charge >= 0.3 is 0 Å². The molecule has 0 saturated heterocycles. The first-order valence-corrected chi connectivity index (χ1v) is 6.82. The number of anilines is 1. The van der Waals surface area contributed by atoms with Crippen molar-refractivity contribution in [1.29, 1.82) is 0 Å². The number of rotatable bonds is 4. The molecule has 0 atom stereocenters. The summed E-state index contributed by atoms with van der Waals surface area (Å²) in [6.45, 7) is 0.698. The van der Waals surface area contributed by atoms with Crippen molar-refractivity contribution in [2.45, 2.75) is 12.4 Å². The molecule has 3 rings (SSSR count). The van der Waals surface area contributed by atoms with E-state index in [2.05, 4.69) is 32.5 Å². The molecule has 102 valence electrons. The highest BCUT2D eigenvalue weighted by Gasteiger charge is 2.07. The Labute approximate surface area is 121 Å². The van der Waals surface area contributed by atoms with Crippen LogP contribution in [0.15, 0.2) is 36.8 Å². The fourth-order valence-electron chi connectivity index (χ4n) is 2.03. The van der Waals surface area contributed by atoms with Crippen LogP contribution in [0.2, 0.25) is 0 Å². The number of nitrogens with one attached hydrogen (secondary N) is 1. The maximum Gasteiger partial charge on any atom is 0.163 e. The smallest absolute Gasteiger partial charge is 0.163 e. The molecule has 0 unspecified atom stereocenters. The molecular formula is C14H14ClN5. The number of alkyl halides is 1. The summed E-state index contributed by atoms with van der Waals surface area (Å²) < 4.78 is 1.73. The van der Waals surface area contributed by atoms with E-state index in [1.54, 1.807) is 17.2 Å². The van der Waals surface area contributed by atoms with Crippen LogP contribution >= 0.6 is 11.6 Å². The van der Waals surface area contributed by atoms with Gasteiger partial charge in [0.15, 0.2) is 5.65 Å². The van der Waals surface area contributed by atoms with Crippen LogP contribution in [0.4, 0.5) is 5.82 Å². The van der Waals surface area contributed by atoms with Gasteiger partial charge in [-0.3, -0.25) is 4.68 Å². The highest BCUT2D eigenvalue weighted by atomic mass is 35.5. The van der Waals surface area contributed by atoms with E-state index in [1.807, 2.05) is 19.2 Å². The Kier molecular flexibility index (Phi) is 3.52. The standard InChI is InChI=1S/C14H14ClN5/c1-20-14-12(8-19-20)13(17-9-18-14)16-7-11-4-2-10(6-15)3-5-11/h2-5,8-9H,6-7H2,1H3,(H,16,17,18). The second-order valence-electron chi connectivity index (χ2n) is 4.53. The number of fused-ring (bicyclic) bond motifs is 1. The maximum atomic E-state index is 5.78. The molecule has 0 saturated carbocycles. The Bertz CT molecular complexity index is 720. The number of benzene rings is 1. The summed E-state index contributed by atoms with van der Waals surface area (Å²) in [5, 5.41) is 8.43. The van der Waals surface area contributed by atoms with E-state index < -0.39 is 0 Å². The molecule has 0 aliphatic carbocycles. The summed E-state index contributed by atoms with van der Waals surface area (Å²) in [6.07, 6.45) is 3.32. The second-order valence-corrected chi connectivity index (χ2v) is 4.80. The SMILES string of the molecule is Cn1ncc2c(NCc3ccc(CCl)cc3)ncnc21. The van der Waals surface area contributed by atoms with Gasteiger partial charge in [0.1, 0.15) is 12.1 Å². The molecular weight excluding hydrogens is 274 g/mol. The number of aromatic nitrogens is 4.